The molecule has 1 aromatic heterocycles. The second-order valence-electron chi connectivity index (χ2n) is 7.30. The zero-order chi connectivity index (χ0) is 18.9. The SMILES string of the molecule is O=C(COCc1ccncc1)NCC1COCCN1C(=O)CCC1CCC1. The van der Waals surface area contributed by atoms with Gasteiger partial charge in [0.1, 0.15) is 6.61 Å². The molecule has 3 rings (SSSR count). The summed E-state index contributed by atoms with van der Waals surface area (Å²) in [5.41, 5.74) is 0.974. The van der Waals surface area contributed by atoms with E-state index in [4.69, 9.17) is 9.47 Å². The number of pyridine rings is 1. The normalized spacial score (nSPS) is 20.1. The molecule has 0 aromatic carbocycles. The van der Waals surface area contributed by atoms with Gasteiger partial charge in [0.2, 0.25) is 11.8 Å². The molecule has 1 aliphatic heterocycles. The molecular weight excluding hydrogens is 346 g/mol. The summed E-state index contributed by atoms with van der Waals surface area (Å²) in [4.78, 5) is 30.4. The van der Waals surface area contributed by atoms with E-state index in [1.54, 1.807) is 12.4 Å². The van der Waals surface area contributed by atoms with Crippen LogP contribution in [-0.4, -0.2) is 60.7 Å². The topological polar surface area (TPSA) is 80.8 Å². The third kappa shape index (κ3) is 6.29. The number of hydrogen-bond acceptors (Lipinski definition) is 5. The Balaban J connectivity index is 1.36. The Bertz CT molecular complexity index is 607. The van der Waals surface area contributed by atoms with Crippen molar-refractivity contribution < 1.29 is 19.1 Å². The second kappa shape index (κ2) is 10.4. The van der Waals surface area contributed by atoms with E-state index in [1.807, 2.05) is 17.0 Å². The van der Waals surface area contributed by atoms with E-state index in [2.05, 4.69) is 10.3 Å². The van der Waals surface area contributed by atoms with Gasteiger partial charge in [-0.05, 0) is 30.0 Å². The van der Waals surface area contributed by atoms with Gasteiger partial charge in [0.05, 0.1) is 25.9 Å². The first-order valence-electron chi connectivity index (χ1n) is 9.83. The predicted octanol–water partition coefficient (Wildman–Crippen LogP) is 1.52. The highest BCUT2D eigenvalue weighted by molar-refractivity contribution is 5.78. The fraction of sp³-hybridized carbons (Fsp3) is 0.650. The Kier molecular flexibility index (Phi) is 7.59. The largest absolute Gasteiger partial charge is 0.377 e. The lowest BCUT2D eigenvalue weighted by atomic mass is 9.82. The Morgan fingerprint density at radius 2 is 2.11 bits per heavy atom. The number of hydrogen-bond donors (Lipinski definition) is 1. The van der Waals surface area contributed by atoms with Gasteiger partial charge in [-0.1, -0.05) is 19.3 Å². The molecule has 148 valence electrons. The lowest BCUT2D eigenvalue weighted by Crippen LogP contribution is -2.53. The smallest absolute Gasteiger partial charge is 0.246 e. The molecule has 1 aromatic rings. The molecule has 1 saturated heterocycles. The number of carbonyl (C=O) groups is 2. The van der Waals surface area contributed by atoms with Crippen molar-refractivity contribution in [2.75, 3.05) is 32.9 Å². The average Bonchev–Trinajstić information content (AvgIpc) is 2.66. The fourth-order valence-electron chi connectivity index (χ4n) is 3.43. The van der Waals surface area contributed by atoms with Crippen LogP contribution in [0.3, 0.4) is 0 Å². The van der Waals surface area contributed by atoms with Crippen LogP contribution >= 0.6 is 0 Å². The summed E-state index contributed by atoms with van der Waals surface area (Å²) in [5, 5.41) is 2.86. The van der Waals surface area contributed by atoms with E-state index in [-0.39, 0.29) is 24.5 Å². The van der Waals surface area contributed by atoms with Crippen molar-refractivity contribution in [3.8, 4) is 0 Å². The standard InChI is InChI=1S/C20H29N3O4/c24-19(15-27-13-17-6-8-21-9-7-17)22-12-18-14-26-11-10-23(18)20(25)5-4-16-2-1-3-16/h6-9,16,18H,1-5,10-15H2,(H,22,24). The van der Waals surface area contributed by atoms with E-state index in [1.165, 1.54) is 19.3 Å². The maximum atomic E-state index is 12.6. The van der Waals surface area contributed by atoms with Crippen LogP contribution in [0.4, 0.5) is 0 Å². The highest BCUT2D eigenvalue weighted by atomic mass is 16.5. The third-order valence-corrected chi connectivity index (χ3v) is 5.33. The molecule has 27 heavy (non-hydrogen) atoms. The number of amides is 2. The van der Waals surface area contributed by atoms with E-state index in [9.17, 15) is 9.59 Å². The summed E-state index contributed by atoms with van der Waals surface area (Å²) in [5.74, 6) is 0.723. The van der Waals surface area contributed by atoms with Crippen LogP contribution in [0.25, 0.3) is 0 Å². The summed E-state index contributed by atoms with van der Waals surface area (Å²) >= 11 is 0. The molecule has 2 heterocycles. The van der Waals surface area contributed by atoms with Crippen molar-refractivity contribution in [1.82, 2.24) is 15.2 Å². The summed E-state index contributed by atoms with van der Waals surface area (Å²) in [7, 11) is 0. The van der Waals surface area contributed by atoms with E-state index in [0.717, 1.165) is 17.9 Å². The van der Waals surface area contributed by atoms with Crippen LogP contribution in [0, 0.1) is 5.92 Å². The predicted molar refractivity (Wildman–Crippen MR) is 99.8 cm³/mol. The van der Waals surface area contributed by atoms with E-state index < -0.39 is 0 Å². The maximum absolute atomic E-state index is 12.6. The molecule has 0 radical (unpaired) electrons. The van der Waals surface area contributed by atoms with E-state index >= 15 is 0 Å². The molecule has 7 nitrogen and oxygen atoms in total. The molecule has 1 atom stereocenters. The minimum absolute atomic E-state index is 0.00841. The molecule has 1 aliphatic carbocycles. The van der Waals surface area contributed by atoms with Gasteiger partial charge in [-0.2, -0.15) is 0 Å². The first-order chi connectivity index (χ1) is 13.2. The number of nitrogens with zero attached hydrogens (tertiary/aromatic N) is 2. The zero-order valence-electron chi connectivity index (χ0n) is 15.8. The quantitative estimate of drug-likeness (QED) is 0.708. The van der Waals surface area contributed by atoms with Crippen molar-refractivity contribution in [2.45, 2.75) is 44.8 Å². The minimum atomic E-state index is -0.184. The van der Waals surface area contributed by atoms with Gasteiger partial charge in [0.15, 0.2) is 0 Å². The first kappa shape index (κ1) is 19.8. The summed E-state index contributed by atoms with van der Waals surface area (Å²) in [6, 6.07) is 3.60. The van der Waals surface area contributed by atoms with Gasteiger partial charge < -0.3 is 19.7 Å². The Labute approximate surface area is 160 Å². The van der Waals surface area contributed by atoms with E-state index in [0.29, 0.717) is 39.3 Å². The molecule has 0 spiro atoms. The molecule has 7 heteroatoms. The fourth-order valence-corrected chi connectivity index (χ4v) is 3.43. The summed E-state index contributed by atoms with van der Waals surface area (Å²) in [6.07, 6.45) is 8.79. The highest BCUT2D eigenvalue weighted by Gasteiger charge is 2.28. The Morgan fingerprint density at radius 3 is 2.85 bits per heavy atom. The summed E-state index contributed by atoms with van der Waals surface area (Å²) in [6.45, 7) is 2.39. The van der Waals surface area contributed by atoms with Crippen LogP contribution < -0.4 is 5.32 Å². The number of carbonyl (C=O) groups excluding carboxylic acids is 2. The van der Waals surface area contributed by atoms with Gasteiger partial charge in [-0.15, -0.1) is 0 Å². The Hall–Kier alpha value is -1.99. The molecule has 0 bridgehead atoms. The average molecular weight is 375 g/mol. The molecule has 2 amide bonds. The number of aromatic nitrogens is 1. The van der Waals surface area contributed by atoms with Gasteiger partial charge in [0, 0.05) is 31.9 Å². The number of ether oxygens (including phenoxy) is 2. The Morgan fingerprint density at radius 1 is 1.30 bits per heavy atom. The molecule has 1 unspecified atom stereocenters. The highest BCUT2D eigenvalue weighted by Crippen LogP contribution is 2.30. The van der Waals surface area contributed by atoms with Crippen LogP contribution in [0.5, 0.6) is 0 Å². The van der Waals surface area contributed by atoms with Gasteiger partial charge in [-0.3, -0.25) is 14.6 Å². The zero-order valence-corrected chi connectivity index (χ0v) is 15.8. The van der Waals surface area contributed by atoms with Crippen LogP contribution in [-0.2, 0) is 25.7 Å². The van der Waals surface area contributed by atoms with Gasteiger partial charge in [-0.25, -0.2) is 0 Å². The molecule has 1 saturated carbocycles. The first-order valence-corrected chi connectivity index (χ1v) is 9.83. The molecule has 1 N–H and O–H groups in total. The van der Waals surface area contributed by atoms with Gasteiger partial charge in [0.25, 0.3) is 0 Å². The monoisotopic (exact) mass is 375 g/mol. The minimum Gasteiger partial charge on any atom is -0.377 e. The van der Waals surface area contributed by atoms with Crippen molar-refractivity contribution >= 4 is 11.8 Å². The van der Waals surface area contributed by atoms with Crippen molar-refractivity contribution in [3.05, 3.63) is 30.1 Å². The number of morpholine rings is 1. The third-order valence-electron chi connectivity index (χ3n) is 5.33. The number of nitrogens with one attached hydrogen (secondary N) is 1. The maximum Gasteiger partial charge on any atom is 0.246 e. The molecule has 2 fully saturated rings. The summed E-state index contributed by atoms with van der Waals surface area (Å²) < 4.78 is 10.9. The van der Waals surface area contributed by atoms with Crippen LogP contribution in [0.1, 0.15) is 37.7 Å². The van der Waals surface area contributed by atoms with Crippen molar-refractivity contribution in [1.29, 1.82) is 0 Å². The molecular formula is C20H29N3O4. The van der Waals surface area contributed by atoms with Crippen molar-refractivity contribution in [2.24, 2.45) is 5.92 Å². The van der Waals surface area contributed by atoms with Crippen LogP contribution in [0.2, 0.25) is 0 Å². The number of rotatable bonds is 9. The lowest BCUT2D eigenvalue weighted by molar-refractivity contribution is -0.141. The van der Waals surface area contributed by atoms with Crippen molar-refractivity contribution in [3.63, 3.8) is 0 Å². The van der Waals surface area contributed by atoms with Gasteiger partial charge >= 0.3 is 0 Å². The van der Waals surface area contributed by atoms with Crippen LogP contribution in [0.15, 0.2) is 24.5 Å². The second-order valence-corrected chi connectivity index (χ2v) is 7.30. The molecule has 2 aliphatic rings. The lowest BCUT2D eigenvalue weighted by Gasteiger charge is -2.36.